The van der Waals surface area contributed by atoms with E-state index in [2.05, 4.69) is 9.97 Å². The van der Waals surface area contributed by atoms with Crippen LogP contribution < -0.4 is 0 Å². The number of aliphatic hydroxyl groups excluding tert-OH is 1. The summed E-state index contributed by atoms with van der Waals surface area (Å²) in [6, 6.07) is 1.90. The molecule has 3 heteroatoms. The fraction of sp³-hybridized carbons (Fsp3) is 0.556. The molecule has 0 saturated heterocycles. The van der Waals surface area contributed by atoms with Gasteiger partial charge in [-0.25, -0.2) is 9.97 Å². The standard InChI is InChI=1S/C9H14N2O/c1-6-4-9(5-7(2)12)11-8(3)10-6/h4,7,12H,5H2,1-3H3. The number of nitrogens with zero attached hydrogens (tertiary/aromatic N) is 2. The van der Waals surface area contributed by atoms with E-state index in [1.54, 1.807) is 6.92 Å². The summed E-state index contributed by atoms with van der Waals surface area (Å²) in [6.07, 6.45) is 0.267. The van der Waals surface area contributed by atoms with Crippen molar-refractivity contribution in [2.45, 2.75) is 33.3 Å². The van der Waals surface area contributed by atoms with Crippen molar-refractivity contribution in [1.82, 2.24) is 9.97 Å². The van der Waals surface area contributed by atoms with Gasteiger partial charge in [0, 0.05) is 17.8 Å². The molecule has 66 valence electrons. The van der Waals surface area contributed by atoms with E-state index >= 15 is 0 Å². The number of rotatable bonds is 2. The summed E-state index contributed by atoms with van der Waals surface area (Å²) < 4.78 is 0. The smallest absolute Gasteiger partial charge is 0.125 e. The Balaban J connectivity index is 2.85. The van der Waals surface area contributed by atoms with Gasteiger partial charge in [-0.05, 0) is 26.8 Å². The van der Waals surface area contributed by atoms with Gasteiger partial charge in [0.15, 0.2) is 0 Å². The van der Waals surface area contributed by atoms with E-state index in [0.29, 0.717) is 6.42 Å². The van der Waals surface area contributed by atoms with Crippen molar-refractivity contribution in [3.05, 3.63) is 23.3 Å². The lowest BCUT2D eigenvalue weighted by atomic mass is 10.2. The second kappa shape index (κ2) is 3.63. The molecule has 0 aliphatic carbocycles. The Morgan fingerprint density at radius 1 is 1.42 bits per heavy atom. The molecule has 1 aromatic heterocycles. The maximum Gasteiger partial charge on any atom is 0.125 e. The van der Waals surface area contributed by atoms with E-state index in [1.165, 1.54) is 0 Å². The summed E-state index contributed by atoms with van der Waals surface area (Å²) in [5.41, 5.74) is 1.87. The lowest BCUT2D eigenvalue weighted by Gasteiger charge is -2.04. The molecule has 0 aliphatic heterocycles. The molecular formula is C9H14N2O. The van der Waals surface area contributed by atoms with Crippen molar-refractivity contribution < 1.29 is 5.11 Å². The monoisotopic (exact) mass is 166 g/mol. The van der Waals surface area contributed by atoms with Gasteiger partial charge in [-0.2, -0.15) is 0 Å². The SMILES string of the molecule is Cc1cc(CC(C)O)nc(C)n1. The third kappa shape index (κ3) is 2.58. The molecule has 0 bridgehead atoms. The van der Waals surface area contributed by atoms with Crippen LogP contribution >= 0.6 is 0 Å². The zero-order valence-corrected chi connectivity index (χ0v) is 7.70. The summed E-state index contributed by atoms with van der Waals surface area (Å²) >= 11 is 0. The minimum absolute atomic E-state index is 0.335. The van der Waals surface area contributed by atoms with Gasteiger partial charge in [-0.1, -0.05) is 0 Å². The largest absolute Gasteiger partial charge is 0.393 e. The molecule has 1 N–H and O–H groups in total. The predicted octanol–water partition coefficient (Wildman–Crippen LogP) is 1.02. The molecule has 0 spiro atoms. The van der Waals surface area contributed by atoms with E-state index in [1.807, 2.05) is 19.9 Å². The van der Waals surface area contributed by atoms with Crippen LogP contribution in [0.25, 0.3) is 0 Å². The Bertz CT molecular complexity index is 251. The number of aryl methyl sites for hydroxylation is 2. The second-order valence-corrected chi connectivity index (χ2v) is 3.10. The molecule has 0 aromatic carbocycles. The zero-order chi connectivity index (χ0) is 9.14. The normalized spacial score (nSPS) is 13.0. The van der Waals surface area contributed by atoms with Crippen molar-refractivity contribution >= 4 is 0 Å². The van der Waals surface area contributed by atoms with Crippen molar-refractivity contribution in [2.24, 2.45) is 0 Å². The minimum Gasteiger partial charge on any atom is -0.393 e. The zero-order valence-electron chi connectivity index (χ0n) is 7.70. The first-order chi connectivity index (χ1) is 5.58. The lowest BCUT2D eigenvalue weighted by molar-refractivity contribution is 0.194. The first kappa shape index (κ1) is 9.13. The summed E-state index contributed by atoms with van der Waals surface area (Å²) in [6.45, 7) is 5.55. The first-order valence-electron chi connectivity index (χ1n) is 4.07. The minimum atomic E-state index is -0.335. The lowest BCUT2D eigenvalue weighted by Crippen LogP contribution is -2.07. The quantitative estimate of drug-likeness (QED) is 0.713. The fourth-order valence-corrected chi connectivity index (χ4v) is 1.20. The van der Waals surface area contributed by atoms with E-state index in [4.69, 9.17) is 5.11 Å². The van der Waals surface area contributed by atoms with E-state index < -0.39 is 0 Å². The maximum absolute atomic E-state index is 9.13. The maximum atomic E-state index is 9.13. The fourth-order valence-electron chi connectivity index (χ4n) is 1.20. The predicted molar refractivity (Wildman–Crippen MR) is 46.9 cm³/mol. The number of aromatic nitrogens is 2. The summed E-state index contributed by atoms with van der Waals surface area (Å²) in [7, 11) is 0. The molecule has 3 nitrogen and oxygen atoms in total. The van der Waals surface area contributed by atoms with E-state index in [0.717, 1.165) is 17.2 Å². The van der Waals surface area contributed by atoms with Gasteiger partial charge in [0.1, 0.15) is 5.82 Å². The molecular weight excluding hydrogens is 152 g/mol. The second-order valence-electron chi connectivity index (χ2n) is 3.10. The highest BCUT2D eigenvalue weighted by molar-refractivity contribution is 5.10. The van der Waals surface area contributed by atoms with Crippen LogP contribution in [0.1, 0.15) is 24.1 Å². The van der Waals surface area contributed by atoms with Gasteiger partial charge < -0.3 is 5.11 Å². The summed E-state index contributed by atoms with van der Waals surface area (Å²) in [4.78, 5) is 8.35. The molecule has 0 aliphatic rings. The van der Waals surface area contributed by atoms with Gasteiger partial charge in [0.05, 0.1) is 6.10 Å². The Hall–Kier alpha value is -0.960. The van der Waals surface area contributed by atoms with Gasteiger partial charge in [-0.15, -0.1) is 0 Å². The number of aliphatic hydroxyl groups is 1. The van der Waals surface area contributed by atoms with Crippen LogP contribution in [0.3, 0.4) is 0 Å². The molecule has 1 heterocycles. The Kier molecular flexibility index (Phi) is 2.76. The van der Waals surface area contributed by atoms with Crippen LogP contribution in [-0.4, -0.2) is 21.2 Å². The highest BCUT2D eigenvalue weighted by atomic mass is 16.3. The molecule has 1 unspecified atom stereocenters. The molecule has 0 radical (unpaired) electrons. The Morgan fingerprint density at radius 3 is 2.58 bits per heavy atom. The van der Waals surface area contributed by atoms with Crippen LogP contribution in [-0.2, 0) is 6.42 Å². The van der Waals surface area contributed by atoms with Crippen molar-refractivity contribution in [3.63, 3.8) is 0 Å². The summed E-state index contributed by atoms with van der Waals surface area (Å²) in [5, 5.41) is 9.13. The van der Waals surface area contributed by atoms with Crippen LogP contribution in [0.15, 0.2) is 6.07 Å². The highest BCUT2D eigenvalue weighted by Crippen LogP contribution is 2.02. The average Bonchev–Trinajstić information content (AvgIpc) is 1.81. The van der Waals surface area contributed by atoms with Crippen molar-refractivity contribution in [2.75, 3.05) is 0 Å². The van der Waals surface area contributed by atoms with Crippen molar-refractivity contribution in [3.8, 4) is 0 Å². The van der Waals surface area contributed by atoms with Crippen LogP contribution in [0.4, 0.5) is 0 Å². The molecule has 12 heavy (non-hydrogen) atoms. The molecule has 1 rings (SSSR count). The molecule has 1 atom stereocenters. The molecule has 0 fully saturated rings. The third-order valence-electron chi connectivity index (χ3n) is 1.52. The molecule has 0 saturated carbocycles. The number of hydrogen-bond donors (Lipinski definition) is 1. The Morgan fingerprint density at radius 2 is 2.08 bits per heavy atom. The number of hydrogen-bond acceptors (Lipinski definition) is 3. The van der Waals surface area contributed by atoms with Crippen LogP contribution in [0.2, 0.25) is 0 Å². The highest BCUT2D eigenvalue weighted by Gasteiger charge is 2.02. The van der Waals surface area contributed by atoms with E-state index in [9.17, 15) is 0 Å². The molecule has 1 aromatic rings. The van der Waals surface area contributed by atoms with Gasteiger partial charge in [0.25, 0.3) is 0 Å². The Labute approximate surface area is 72.5 Å². The first-order valence-corrected chi connectivity index (χ1v) is 4.07. The van der Waals surface area contributed by atoms with Crippen molar-refractivity contribution in [1.29, 1.82) is 0 Å². The van der Waals surface area contributed by atoms with Gasteiger partial charge >= 0.3 is 0 Å². The molecule has 0 amide bonds. The topological polar surface area (TPSA) is 46.0 Å². The average molecular weight is 166 g/mol. The summed E-state index contributed by atoms with van der Waals surface area (Å²) in [5.74, 6) is 0.769. The van der Waals surface area contributed by atoms with Gasteiger partial charge in [0.2, 0.25) is 0 Å². The van der Waals surface area contributed by atoms with E-state index in [-0.39, 0.29) is 6.10 Å². The van der Waals surface area contributed by atoms with Crippen LogP contribution in [0, 0.1) is 13.8 Å². The van der Waals surface area contributed by atoms with Gasteiger partial charge in [-0.3, -0.25) is 0 Å². The third-order valence-corrected chi connectivity index (χ3v) is 1.52. The van der Waals surface area contributed by atoms with Crippen LogP contribution in [0.5, 0.6) is 0 Å².